The van der Waals surface area contributed by atoms with Crippen molar-refractivity contribution in [1.29, 1.82) is 0 Å². The number of alkyl halides is 3. The third kappa shape index (κ3) is 3.94. The van der Waals surface area contributed by atoms with Crippen molar-refractivity contribution >= 4 is 74.2 Å². The molecule has 2 aliphatic carbocycles. The zero-order chi connectivity index (χ0) is 31.9. The van der Waals surface area contributed by atoms with Crippen LogP contribution in [0.3, 0.4) is 0 Å². The average molecular weight is 706 g/mol. The smallest absolute Gasteiger partial charge is 0.254 e. The fraction of sp³-hybridized carbons (Fsp3) is 0.387. The number of allylic oxidation sites excluding steroid dienone is 2. The predicted octanol–water partition coefficient (Wildman–Crippen LogP) is 4.53. The number of hydrogen-bond donors (Lipinski definition) is 1. The molecule has 230 valence electrons. The molecular formula is C31H27BrCl2N2O8. The van der Waals surface area contributed by atoms with E-state index in [4.69, 9.17) is 32.7 Å². The number of rotatable bonds is 6. The highest BCUT2D eigenvalue weighted by atomic mass is 79.9. The average Bonchev–Trinajstić information content (AvgIpc) is 3.34. The lowest BCUT2D eigenvalue weighted by Crippen LogP contribution is -2.60. The van der Waals surface area contributed by atoms with Gasteiger partial charge in [-0.15, -0.1) is 23.2 Å². The van der Waals surface area contributed by atoms with Gasteiger partial charge in [-0.1, -0.05) is 27.6 Å². The molecular weight excluding hydrogens is 679 g/mol. The Morgan fingerprint density at radius 3 is 2.16 bits per heavy atom. The number of imide groups is 2. The number of ketones is 1. The van der Waals surface area contributed by atoms with Crippen molar-refractivity contribution in [3.8, 4) is 17.2 Å². The molecule has 2 saturated heterocycles. The molecule has 2 heterocycles. The maximum atomic E-state index is 14.2. The number of fused-ring (bicyclic) bond motifs is 4. The summed E-state index contributed by atoms with van der Waals surface area (Å²) in [5.41, 5.74) is 1.41. The number of carbonyl (C=O) groups is 5. The molecule has 1 N–H and O–H groups in total. The van der Waals surface area contributed by atoms with Crippen LogP contribution in [-0.2, 0) is 19.2 Å². The van der Waals surface area contributed by atoms with E-state index in [2.05, 4.69) is 15.9 Å². The molecule has 2 aromatic rings. The highest BCUT2D eigenvalue weighted by Crippen LogP contribution is 2.67. The summed E-state index contributed by atoms with van der Waals surface area (Å²) in [5.74, 6) is -6.00. The van der Waals surface area contributed by atoms with E-state index < -0.39 is 57.0 Å². The minimum absolute atomic E-state index is 0.133. The number of benzene rings is 2. The van der Waals surface area contributed by atoms with Crippen LogP contribution < -0.4 is 14.4 Å². The lowest BCUT2D eigenvalue weighted by atomic mass is 9.56. The molecule has 6 unspecified atom stereocenters. The van der Waals surface area contributed by atoms with E-state index in [9.17, 15) is 29.1 Å². The lowest BCUT2D eigenvalue weighted by molar-refractivity contribution is -0.138. The van der Waals surface area contributed by atoms with E-state index in [1.165, 1.54) is 33.3 Å². The summed E-state index contributed by atoms with van der Waals surface area (Å²) < 4.78 is 11.3. The number of methoxy groups -OCH3 is 2. The number of ether oxygens (including phenoxy) is 2. The van der Waals surface area contributed by atoms with Crippen LogP contribution >= 0.6 is 39.1 Å². The Hall–Kier alpha value is -3.41. The summed E-state index contributed by atoms with van der Waals surface area (Å²) in [4.78, 5) is 65.6. The van der Waals surface area contributed by atoms with Gasteiger partial charge >= 0.3 is 0 Å². The molecule has 0 radical (unpaired) electrons. The van der Waals surface area contributed by atoms with Crippen molar-refractivity contribution in [2.45, 2.75) is 35.4 Å². The molecule has 3 fully saturated rings. The molecule has 1 saturated carbocycles. The van der Waals surface area contributed by atoms with E-state index in [-0.39, 0.29) is 46.9 Å². The molecule has 4 aliphatic rings. The second-order valence-corrected chi connectivity index (χ2v) is 13.1. The minimum Gasteiger partial charge on any atom is -0.508 e. The van der Waals surface area contributed by atoms with Crippen LogP contribution in [0.15, 0.2) is 48.0 Å². The van der Waals surface area contributed by atoms with Crippen LogP contribution in [0.25, 0.3) is 0 Å². The molecule has 6 rings (SSSR count). The zero-order valence-electron chi connectivity index (χ0n) is 23.8. The SMILES string of the molecule is COc1cc(O)cc(OC)c1C1C2=CCC3C(=O)N(c4ccc(C(C)=O)cc4)C(=O)C3C2CC2(Cl)C(=O)N(CBr)C(=O)C12Cl. The fourth-order valence-corrected chi connectivity index (χ4v) is 8.79. The zero-order valence-corrected chi connectivity index (χ0v) is 26.9. The number of hydrogen-bond acceptors (Lipinski definition) is 8. The molecule has 10 nitrogen and oxygen atoms in total. The van der Waals surface area contributed by atoms with Gasteiger partial charge in [-0.25, -0.2) is 0 Å². The molecule has 4 amide bonds. The third-order valence-corrected chi connectivity index (χ3v) is 11.3. The number of anilines is 1. The maximum Gasteiger partial charge on any atom is 0.254 e. The first-order valence-electron chi connectivity index (χ1n) is 13.8. The van der Waals surface area contributed by atoms with E-state index in [1.54, 1.807) is 30.3 Å². The van der Waals surface area contributed by atoms with Gasteiger partial charge in [0, 0.05) is 29.2 Å². The summed E-state index contributed by atoms with van der Waals surface area (Å²) in [5, 5.41) is 10.4. The normalized spacial score (nSPS) is 31.0. The Kier molecular flexibility index (Phi) is 7.37. The van der Waals surface area contributed by atoms with Crippen molar-refractivity contribution in [3.05, 3.63) is 59.2 Å². The van der Waals surface area contributed by atoms with Gasteiger partial charge in [0.25, 0.3) is 11.8 Å². The number of phenolic OH excluding ortho intramolecular Hbond substituents is 1. The van der Waals surface area contributed by atoms with Crippen LogP contribution in [0.5, 0.6) is 17.2 Å². The molecule has 44 heavy (non-hydrogen) atoms. The number of nitrogens with zero attached hydrogens (tertiary/aromatic N) is 2. The molecule has 0 bridgehead atoms. The maximum absolute atomic E-state index is 14.2. The van der Waals surface area contributed by atoms with Gasteiger partial charge in [0.2, 0.25) is 11.8 Å². The third-order valence-electron chi connectivity index (χ3n) is 9.36. The Balaban J connectivity index is 1.54. The lowest BCUT2D eigenvalue weighted by Gasteiger charge is -2.51. The Bertz CT molecular complexity index is 1650. The van der Waals surface area contributed by atoms with Crippen LogP contribution in [0, 0.1) is 17.8 Å². The number of likely N-dealkylation sites (tertiary alicyclic amines) is 1. The topological polar surface area (TPSA) is 131 Å². The quantitative estimate of drug-likeness (QED) is 0.153. The number of carbonyl (C=O) groups excluding carboxylic acids is 5. The van der Waals surface area contributed by atoms with Crippen molar-refractivity contribution in [1.82, 2.24) is 4.90 Å². The predicted molar refractivity (Wildman–Crippen MR) is 163 cm³/mol. The second kappa shape index (κ2) is 10.6. The molecule has 0 spiro atoms. The van der Waals surface area contributed by atoms with Gasteiger partial charge in [0.15, 0.2) is 15.5 Å². The van der Waals surface area contributed by atoms with Gasteiger partial charge in [-0.05, 0) is 49.9 Å². The first-order chi connectivity index (χ1) is 20.8. The first-order valence-corrected chi connectivity index (χ1v) is 15.7. The van der Waals surface area contributed by atoms with Crippen LogP contribution in [-0.4, -0.2) is 68.8 Å². The highest BCUT2D eigenvalue weighted by Gasteiger charge is 2.76. The molecule has 2 aliphatic heterocycles. The Labute approximate surface area is 271 Å². The van der Waals surface area contributed by atoms with Crippen LogP contribution in [0.2, 0.25) is 0 Å². The summed E-state index contributed by atoms with van der Waals surface area (Å²) >= 11 is 17.8. The number of halogens is 3. The minimum atomic E-state index is -2.07. The van der Waals surface area contributed by atoms with Gasteiger partial charge in [0.1, 0.15) is 17.2 Å². The molecule has 0 aromatic heterocycles. The van der Waals surface area contributed by atoms with Crippen molar-refractivity contribution in [2.75, 3.05) is 24.6 Å². The second-order valence-electron chi connectivity index (χ2n) is 11.4. The van der Waals surface area contributed by atoms with Gasteiger partial charge < -0.3 is 14.6 Å². The van der Waals surface area contributed by atoms with E-state index in [0.29, 0.717) is 16.8 Å². The highest BCUT2D eigenvalue weighted by molar-refractivity contribution is 9.09. The first kappa shape index (κ1) is 30.6. The number of aromatic hydroxyl groups is 1. The standard InChI is InChI=1S/C31H27BrCl2N2O8/c1-14(37)15-4-6-16(7-5-15)36-26(39)19-9-8-18-20(23(19)27(36)40)12-30(33)28(41)35(13-32)29(42)31(30,34)25(18)24-21(43-2)10-17(38)11-22(24)44-3/h4-8,10-11,19-20,23,25,38H,9,12-13H2,1-3H3. The van der Waals surface area contributed by atoms with Crippen molar-refractivity contribution in [2.24, 2.45) is 17.8 Å². The van der Waals surface area contributed by atoms with Crippen LogP contribution in [0.4, 0.5) is 5.69 Å². The Morgan fingerprint density at radius 1 is 1.00 bits per heavy atom. The summed E-state index contributed by atoms with van der Waals surface area (Å²) in [6, 6.07) is 8.88. The number of phenols is 1. The van der Waals surface area contributed by atoms with E-state index in [0.717, 1.165) is 9.80 Å². The molecule has 6 atom stereocenters. The number of Topliss-reactive ketones (excluding diaryl/α,β-unsaturated/α-hetero) is 1. The van der Waals surface area contributed by atoms with Gasteiger partial charge in [-0.3, -0.25) is 33.8 Å². The van der Waals surface area contributed by atoms with Crippen LogP contribution in [0.1, 0.15) is 41.6 Å². The summed E-state index contributed by atoms with van der Waals surface area (Å²) in [6.07, 6.45) is 1.77. The largest absolute Gasteiger partial charge is 0.508 e. The molecule has 13 heteroatoms. The van der Waals surface area contributed by atoms with Crippen molar-refractivity contribution < 1.29 is 38.6 Å². The molecule has 2 aromatic carbocycles. The Morgan fingerprint density at radius 2 is 1.61 bits per heavy atom. The van der Waals surface area contributed by atoms with Gasteiger partial charge in [-0.2, -0.15) is 0 Å². The van der Waals surface area contributed by atoms with Crippen molar-refractivity contribution in [3.63, 3.8) is 0 Å². The number of amides is 4. The summed E-state index contributed by atoms with van der Waals surface area (Å²) in [7, 11) is 2.75. The fourth-order valence-electron chi connectivity index (χ4n) is 7.38. The van der Waals surface area contributed by atoms with E-state index in [1.807, 2.05) is 0 Å². The van der Waals surface area contributed by atoms with Gasteiger partial charge in [0.05, 0.1) is 37.2 Å². The van der Waals surface area contributed by atoms with E-state index >= 15 is 0 Å². The summed E-state index contributed by atoms with van der Waals surface area (Å²) in [6.45, 7) is 1.42. The monoisotopic (exact) mass is 704 g/mol.